The second-order valence-corrected chi connectivity index (χ2v) is 5.40. The highest BCUT2D eigenvalue weighted by molar-refractivity contribution is 5.87. The zero-order valence-electron chi connectivity index (χ0n) is 12.3. The quantitative estimate of drug-likeness (QED) is 0.796. The molecule has 2 aromatic carbocycles. The number of methoxy groups -OCH3 is 2. The van der Waals surface area contributed by atoms with Gasteiger partial charge in [-0.05, 0) is 30.2 Å². The summed E-state index contributed by atoms with van der Waals surface area (Å²) in [6.07, 6.45) is -0.360. The summed E-state index contributed by atoms with van der Waals surface area (Å²) in [5, 5.41) is 2.23. The highest BCUT2D eigenvalue weighted by atomic mass is 16.5. The van der Waals surface area contributed by atoms with Gasteiger partial charge in [0.15, 0.2) is 0 Å². The molecule has 2 aromatic rings. The molecule has 3 nitrogen and oxygen atoms in total. The van der Waals surface area contributed by atoms with Crippen LogP contribution >= 0.6 is 0 Å². The van der Waals surface area contributed by atoms with E-state index < -0.39 is 5.41 Å². The number of hydrogen-bond acceptors (Lipinski definition) is 3. The van der Waals surface area contributed by atoms with E-state index in [0.29, 0.717) is 0 Å². The van der Waals surface area contributed by atoms with Crippen LogP contribution in [0, 0.1) is 5.41 Å². The molecule has 0 fully saturated rings. The van der Waals surface area contributed by atoms with Gasteiger partial charge in [-0.1, -0.05) is 42.5 Å². The van der Waals surface area contributed by atoms with E-state index in [1.807, 2.05) is 44.2 Å². The Morgan fingerprint density at radius 2 is 1.70 bits per heavy atom. The largest absolute Gasteiger partial charge is 0.469 e. The number of ether oxygens (including phenoxy) is 2. The Bertz CT molecular complexity index is 611. The maximum absolute atomic E-state index is 12.0. The van der Waals surface area contributed by atoms with E-state index in [1.54, 1.807) is 7.11 Å². The lowest BCUT2D eigenvalue weighted by Crippen LogP contribution is -2.33. The minimum Gasteiger partial charge on any atom is -0.469 e. The van der Waals surface area contributed by atoms with Crippen LogP contribution in [0.15, 0.2) is 42.5 Å². The number of carbonyl (C=O) groups is 1. The van der Waals surface area contributed by atoms with Crippen LogP contribution < -0.4 is 0 Å². The molecule has 0 bridgehead atoms. The molecule has 106 valence electrons. The topological polar surface area (TPSA) is 35.5 Å². The van der Waals surface area contributed by atoms with Crippen molar-refractivity contribution in [3.63, 3.8) is 0 Å². The summed E-state index contributed by atoms with van der Waals surface area (Å²) in [5.74, 6) is -0.280. The Morgan fingerprint density at radius 1 is 1.05 bits per heavy atom. The third kappa shape index (κ3) is 2.41. The maximum atomic E-state index is 12.0. The lowest BCUT2D eigenvalue weighted by atomic mass is 9.81. The molecule has 0 aliphatic carbocycles. The van der Waals surface area contributed by atoms with Gasteiger partial charge < -0.3 is 9.47 Å². The highest BCUT2D eigenvalue weighted by Crippen LogP contribution is 2.39. The van der Waals surface area contributed by atoms with Crippen molar-refractivity contribution in [3.05, 3.63) is 48.0 Å². The first-order valence-corrected chi connectivity index (χ1v) is 6.61. The standard InChI is InChI=1S/C17H20O3/c1-17(2,16(18)20-4)15(19-3)14-11-7-9-12-8-5-6-10-13(12)14/h5-11,15H,1-4H3. The van der Waals surface area contributed by atoms with Crippen molar-refractivity contribution in [1.82, 2.24) is 0 Å². The van der Waals surface area contributed by atoms with Crippen molar-refractivity contribution in [2.75, 3.05) is 14.2 Å². The van der Waals surface area contributed by atoms with Gasteiger partial charge in [-0.15, -0.1) is 0 Å². The molecule has 3 heteroatoms. The zero-order chi connectivity index (χ0) is 14.8. The second-order valence-electron chi connectivity index (χ2n) is 5.40. The number of carbonyl (C=O) groups excluding carboxylic acids is 1. The van der Waals surface area contributed by atoms with Crippen LogP contribution in [-0.2, 0) is 14.3 Å². The number of fused-ring (bicyclic) bond motifs is 1. The van der Waals surface area contributed by atoms with Crippen LogP contribution in [0.4, 0.5) is 0 Å². The molecule has 0 aromatic heterocycles. The predicted molar refractivity (Wildman–Crippen MR) is 79.5 cm³/mol. The van der Waals surface area contributed by atoms with E-state index in [0.717, 1.165) is 16.3 Å². The predicted octanol–water partition coefficient (Wildman–Crippen LogP) is 3.73. The average molecular weight is 272 g/mol. The summed E-state index contributed by atoms with van der Waals surface area (Å²) < 4.78 is 10.5. The van der Waals surface area contributed by atoms with E-state index in [2.05, 4.69) is 12.1 Å². The SMILES string of the molecule is COC(=O)C(C)(C)C(OC)c1cccc2ccccc12. The Kier molecular flexibility index (Phi) is 4.09. The monoisotopic (exact) mass is 272 g/mol. The first kappa shape index (κ1) is 14.5. The van der Waals surface area contributed by atoms with E-state index in [4.69, 9.17) is 9.47 Å². The van der Waals surface area contributed by atoms with Crippen molar-refractivity contribution < 1.29 is 14.3 Å². The van der Waals surface area contributed by atoms with Gasteiger partial charge in [0, 0.05) is 7.11 Å². The van der Waals surface area contributed by atoms with Gasteiger partial charge in [0.05, 0.1) is 18.6 Å². The maximum Gasteiger partial charge on any atom is 0.314 e. The second kappa shape index (κ2) is 5.63. The molecule has 0 saturated carbocycles. The van der Waals surface area contributed by atoms with Crippen LogP contribution in [0.2, 0.25) is 0 Å². The van der Waals surface area contributed by atoms with Crippen LogP contribution in [0.25, 0.3) is 10.8 Å². The molecule has 0 spiro atoms. The summed E-state index contributed by atoms with van der Waals surface area (Å²) in [6, 6.07) is 14.1. The van der Waals surface area contributed by atoms with Crippen molar-refractivity contribution in [1.29, 1.82) is 0 Å². The van der Waals surface area contributed by atoms with Crippen molar-refractivity contribution in [2.24, 2.45) is 5.41 Å². The smallest absolute Gasteiger partial charge is 0.314 e. The number of benzene rings is 2. The van der Waals surface area contributed by atoms with Gasteiger partial charge in [0.2, 0.25) is 0 Å². The summed E-state index contributed by atoms with van der Waals surface area (Å²) in [4.78, 5) is 12.0. The van der Waals surface area contributed by atoms with Gasteiger partial charge in [0.25, 0.3) is 0 Å². The Morgan fingerprint density at radius 3 is 2.35 bits per heavy atom. The number of rotatable bonds is 4. The van der Waals surface area contributed by atoms with E-state index in [9.17, 15) is 4.79 Å². The minimum absolute atomic E-state index is 0.280. The fourth-order valence-electron chi connectivity index (χ4n) is 2.66. The summed E-state index contributed by atoms with van der Waals surface area (Å²) >= 11 is 0. The lowest BCUT2D eigenvalue weighted by molar-refractivity contribution is -0.159. The summed E-state index contributed by atoms with van der Waals surface area (Å²) in [6.45, 7) is 3.68. The molecule has 0 radical (unpaired) electrons. The van der Waals surface area contributed by atoms with Crippen molar-refractivity contribution >= 4 is 16.7 Å². The average Bonchev–Trinajstić information content (AvgIpc) is 2.47. The molecular formula is C17H20O3. The van der Waals surface area contributed by atoms with Crippen LogP contribution in [0.1, 0.15) is 25.5 Å². The van der Waals surface area contributed by atoms with Crippen LogP contribution in [-0.4, -0.2) is 20.2 Å². The van der Waals surface area contributed by atoms with Crippen LogP contribution in [0.3, 0.4) is 0 Å². The first-order valence-electron chi connectivity index (χ1n) is 6.61. The van der Waals surface area contributed by atoms with E-state index in [-0.39, 0.29) is 12.1 Å². The third-order valence-electron chi connectivity index (χ3n) is 3.71. The molecule has 20 heavy (non-hydrogen) atoms. The van der Waals surface area contributed by atoms with Gasteiger partial charge in [-0.2, -0.15) is 0 Å². The van der Waals surface area contributed by atoms with Crippen molar-refractivity contribution in [3.8, 4) is 0 Å². The summed E-state index contributed by atoms with van der Waals surface area (Å²) in [5.41, 5.74) is 0.245. The fraction of sp³-hybridized carbons (Fsp3) is 0.353. The molecule has 0 heterocycles. The molecule has 1 atom stereocenters. The van der Waals surface area contributed by atoms with Gasteiger partial charge >= 0.3 is 5.97 Å². The molecule has 2 rings (SSSR count). The number of hydrogen-bond donors (Lipinski definition) is 0. The molecule has 0 amide bonds. The lowest BCUT2D eigenvalue weighted by Gasteiger charge is -2.31. The van der Waals surface area contributed by atoms with Crippen molar-refractivity contribution in [2.45, 2.75) is 20.0 Å². The molecule has 0 aliphatic heterocycles. The zero-order valence-corrected chi connectivity index (χ0v) is 12.3. The molecule has 1 unspecified atom stereocenters. The normalized spacial score (nSPS) is 13.2. The molecule has 0 N–H and O–H groups in total. The molecule has 0 saturated heterocycles. The Labute approximate surface area is 119 Å². The highest BCUT2D eigenvalue weighted by Gasteiger charge is 2.39. The number of esters is 1. The van der Waals surface area contributed by atoms with E-state index in [1.165, 1.54) is 7.11 Å². The minimum atomic E-state index is -0.756. The van der Waals surface area contributed by atoms with Crippen LogP contribution in [0.5, 0.6) is 0 Å². The molecular weight excluding hydrogens is 252 g/mol. The summed E-state index contributed by atoms with van der Waals surface area (Å²) in [7, 11) is 3.02. The Balaban J connectivity index is 2.58. The van der Waals surface area contributed by atoms with Gasteiger partial charge in [-0.3, -0.25) is 4.79 Å². The first-order chi connectivity index (χ1) is 9.52. The third-order valence-corrected chi connectivity index (χ3v) is 3.71. The Hall–Kier alpha value is -1.87. The van der Waals surface area contributed by atoms with Gasteiger partial charge in [0.1, 0.15) is 0 Å². The van der Waals surface area contributed by atoms with Gasteiger partial charge in [-0.25, -0.2) is 0 Å². The molecule has 0 aliphatic rings. The fourth-order valence-corrected chi connectivity index (χ4v) is 2.66. The van der Waals surface area contributed by atoms with E-state index >= 15 is 0 Å².